The zero-order valence-corrected chi connectivity index (χ0v) is 9.11. The zero-order valence-electron chi connectivity index (χ0n) is 9.11. The van der Waals surface area contributed by atoms with Gasteiger partial charge in [-0.25, -0.2) is 0 Å². The molecule has 5 heteroatoms. The molecule has 0 aliphatic carbocycles. The molecule has 0 aliphatic heterocycles. The number of para-hydroxylation sites is 1. The lowest BCUT2D eigenvalue weighted by Crippen LogP contribution is -2.11. The van der Waals surface area contributed by atoms with Gasteiger partial charge in [-0.1, -0.05) is 13.0 Å². The first-order valence-corrected chi connectivity index (χ1v) is 4.84. The minimum atomic E-state index is -0.479. The molecule has 0 heterocycles. The molecule has 0 atom stereocenters. The Labute approximate surface area is 93.0 Å². The standard InChI is InChI=1S/C11H13NO4/c1-3-10(15)16-11-8(12-7(2)13)5-4-6-9(11)14/h4-6,14H,3H2,1-2H3,(H,12,13). The van der Waals surface area contributed by atoms with Crippen LogP contribution in [0.5, 0.6) is 11.5 Å². The summed E-state index contributed by atoms with van der Waals surface area (Å²) in [5.41, 5.74) is 0.273. The third-order valence-electron chi connectivity index (χ3n) is 1.81. The molecule has 0 saturated carbocycles. The topological polar surface area (TPSA) is 75.6 Å². The van der Waals surface area contributed by atoms with Crippen LogP contribution in [0.15, 0.2) is 18.2 Å². The molecular formula is C11H13NO4. The van der Waals surface area contributed by atoms with Gasteiger partial charge in [-0.3, -0.25) is 9.59 Å². The fraction of sp³-hybridized carbons (Fsp3) is 0.273. The molecule has 0 aromatic heterocycles. The van der Waals surface area contributed by atoms with Crippen LogP contribution < -0.4 is 10.1 Å². The van der Waals surface area contributed by atoms with Gasteiger partial charge in [0.1, 0.15) is 0 Å². The molecule has 0 aliphatic rings. The van der Waals surface area contributed by atoms with Crippen LogP contribution in [-0.2, 0) is 9.59 Å². The van der Waals surface area contributed by atoms with Crippen LogP contribution in [-0.4, -0.2) is 17.0 Å². The van der Waals surface area contributed by atoms with Crippen molar-refractivity contribution in [3.8, 4) is 11.5 Å². The molecule has 1 aromatic rings. The first-order valence-electron chi connectivity index (χ1n) is 4.84. The third kappa shape index (κ3) is 2.98. The molecule has 0 bridgehead atoms. The minimum Gasteiger partial charge on any atom is -0.504 e. The van der Waals surface area contributed by atoms with Gasteiger partial charge in [0.25, 0.3) is 0 Å². The van der Waals surface area contributed by atoms with Crippen molar-refractivity contribution in [3.63, 3.8) is 0 Å². The fourth-order valence-electron chi connectivity index (χ4n) is 1.11. The van der Waals surface area contributed by atoms with Gasteiger partial charge in [0.15, 0.2) is 11.5 Å². The number of carbonyl (C=O) groups is 2. The lowest BCUT2D eigenvalue weighted by atomic mass is 10.2. The second kappa shape index (κ2) is 5.16. The van der Waals surface area contributed by atoms with Crippen LogP contribution in [0.3, 0.4) is 0 Å². The maximum absolute atomic E-state index is 11.1. The Balaban J connectivity index is 3.03. The number of hydrogen-bond donors (Lipinski definition) is 2. The van der Waals surface area contributed by atoms with E-state index in [1.165, 1.54) is 13.0 Å². The quantitative estimate of drug-likeness (QED) is 0.603. The summed E-state index contributed by atoms with van der Waals surface area (Å²) in [5, 5.41) is 12.0. The van der Waals surface area contributed by atoms with E-state index in [-0.39, 0.29) is 29.5 Å². The number of phenolic OH excluding ortho intramolecular Hbond substituents is 1. The van der Waals surface area contributed by atoms with E-state index in [0.717, 1.165) is 0 Å². The van der Waals surface area contributed by atoms with Gasteiger partial charge in [0, 0.05) is 13.3 Å². The lowest BCUT2D eigenvalue weighted by Gasteiger charge is -2.10. The average molecular weight is 223 g/mol. The number of aromatic hydroxyl groups is 1. The van der Waals surface area contributed by atoms with Crippen molar-refractivity contribution in [3.05, 3.63) is 18.2 Å². The van der Waals surface area contributed by atoms with Crippen molar-refractivity contribution < 1.29 is 19.4 Å². The molecule has 86 valence electrons. The van der Waals surface area contributed by atoms with Crippen molar-refractivity contribution in [1.82, 2.24) is 0 Å². The number of esters is 1. The predicted molar refractivity (Wildman–Crippen MR) is 58.3 cm³/mol. The molecule has 1 aromatic carbocycles. The highest BCUT2D eigenvalue weighted by atomic mass is 16.5. The first-order chi connectivity index (χ1) is 7.54. The predicted octanol–water partition coefficient (Wildman–Crippen LogP) is 1.67. The maximum Gasteiger partial charge on any atom is 0.311 e. The van der Waals surface area contributed by atoms with Crippen molar-refractivity contribution in [1.29, 1.82) is 0 Å². The van der Waals surface area contributed by atoms with Gasteiger partial charge in [0.2, 0.25) is 5.91 Å². The van der Waals surface area contributed by atoms with Gasteiger partial charge in [-0.05, 0) is 12.1 Å². The third-order valence-corrected chi connectivity index (χ3v) is 1.81. The molecule has 0 fully saturated rings. The van der Waals surface area contributed by atoms with Crippen LogP contribution >= 0.6 is 0 Å². The number of carbonyl (C=O) groups excluding carboxylic acids is 2. The van der Waals surface area contributed by atoms with Crippen LogP contribution in [0.4, 0.5) is 5.69 Å². The van der Waals surface area contributed by atoms with E-state index >= 15 is 0 Å². The normalized spacial score (nSPS) is 9.62. The van der Waals surface area contributed by atoms with Crippen molar-refractivity contribution in [2.45, 2.75) is 20.3 Å². The van der Waals surface area contributed by atoms with Crippen molar-refractivity contribution in [2.24, 2.45) is 0 Å². The van der Waals surface area contributed by atoms with E-state index in [1.807, 2.05) is 0 Å². The summed E-state index contributed by atoms with van der Waals surface area (Å²) < 4.78 is 4.92. The summed E-state index contributed by atoms with van der Waals surface area (Å²) in [6.45, 7) is 2.97. The monoisotopic (exact) mass is 223 g/mol. The SMILES string of the molecule is CCC(=O)Oc1c(O)cccc1NC(C)=O. The molecule has 1 rings (SSSR count). The zero-order chi connectivity index (χ0) is 12.1. The van der Waals surface area contributed by atoms with E-state index < -0.39 is 5.97 Å². The largest absolute Gasteiger partial charge is 0.504 e. The number of hydrogen-bond acceptors (Lipinski definition) is 4. The summed E-state index contributed by atoms with van der Waals surface area (Å²) in [6.07, 6.45) is 0.188. The first kappa shape index (κ1) is 12.0. The highest BCUT2D eigenvalue weighted by Gasteiger charge is 2.13. The van der Waals surface area contributed by atoms with Gasteiger partial charge < -0.3 is 15.2 Å². The molecule has 2 N–H and O–H groups in total. The number of ether oxygens (including phenoxy) is 1. The molecular weight excluding hydrogens is 210 g/mol. The van der Waals surface area contributed by atoms with Gasteiger partial charge in [0.05, 0.1) is 5.69 Å². The fourth-order valence-corrected chi connectivity index (χ4v) is 1.11. The van der Waals surface area contributed by atoms with E-state index in [0.29, 0.717) is 0 Å². The Kier molecular flexibility index (Phi) is 3.88. The number of rotatable bonds is 3. The number of phenols is 1. The number of amides is 1. The smallest absolute Gasteiger partial charge is 0.311 e. The lowest BCUT2D eigenvalue weighted by molar-refractivity contribution is -0.134. The Morgan fingerprint density at radius 1 is 1.44 bits per heavy atom. The summed E-state index contributed by atoms with van der Waals surface area (Å²) in [4.78, 5) is 22.0. The van der Waals surface area contributed by atoms with Crippen LogP contribution in [0.1, 0.15) is 20.3 Å². The Bertz CT molecular complexity index is 414. The van der Waals surface area contributed by atoms with E-state index in [4.69, 9.17) is 4.74 Å². The van der Waals surface area contributed by atoms with E-state index in [2.05, 4.69) is 5.32 Å². The molecule has 5 nitrogen and oxygen atoms in total. The van der Waals surface area contributed by atoms with Crippen LogP contribution in [0.2, 0.25) is 0 Å². The minimum absolute atomic E-state index is 0.0236. The van der Waals surface area contributed by atoms with Gasteiger partial charge in [-0.2, -0.15) is 0 Å². The summed E-state index contributed by atoms with van der Waals surface area (Å²) in [7, 11) is 0. The highest BCUT2D eigenvalue weighted by Crippen LogP contribution is 2.34. The Morgan fingerprint density at radius 3 is 2.69 bits per heavy atom. The second-order valence-corrected chi connectivity index (χ2v) is 3.16. The average Bonchev–Trinajstić information content (AvgIpc) is 2.22. The van der Waals surface area contributed by atoms with Gasteiger partial charge in [-0.15, -0.1) is 0 Å². The molecule has 0 unspecified atom stereocenters. The Morgan fingerprint density at radius 2 is 2.12 bits per heavy atom. The van der Waals surface area contributed by atoms with E-state index in [9.17, 15) is 14.7 Å². The van der Waals surface area contributed by atoms with Crippen molar-refractivity contribution in [2.75, 3.05) is 5.32 Å². The summed E-state index contributed by atoms with van der Waals surface area (Å²) in [5.74, 6) is -0.995. The van der Waals surface area contributed by atoms with Crippen molar-refractivity contribution >= 4 is 17.6 Å². The molecule has 1 amide bonds. The Hall–Kier alpha value is -2.04. The van der Waals surface area contributed by atoms with Crippen LogP contribution in [0, 0.1) is 0 Å². The summed E-state index contributed by atoms with van der Waals surface area (Å²) >= 11 is 0. The molecule has 16 heavy (non-hydrogen) atoms. The number of nitrogens with one attached hydrogen (secondary N) is 1. The summed E-state index contributed by atoms with van der Waals surface area (Å²) in [6, 6.07) is 4.47. The highest BCUT2D eigenvalue weighted by molar-refractivity contribution is 5.91. The number of anilines is 1. The maximum atomic E-state index is 11.1. The molecule has 0 spiro atoms. The molecule has 0 radical (unpaired) electrons. The second-order valence-electron chi connectivity index (χ2n) is 3.16. The number of benzene rings is 1. The van der Waals surface area contributed by atoms with Crippen LogP contribution in [0.25, 0.3) is 0 Å². The molecule has 0 saturated heterocycles. The van der Waals surface area contributed by atoms with E-state index in [1.54, 1.807) is 19.1 Å². The van der Waals surface area contributed by atoms with Gasteiger partial charge >= 0.3 is 5.97 Å².